The van der Waals surface area contributed by atoms with Gasteiger partial charge in [0.25, 0.3) is 0 Å². The lowest BCUT2D eigenvalue weighted by atomic mass is 9.95. The maximum absolute atomic E-state index is 13.8. The minimum Gasteiger partial charge on any atom is -0.323 e. The maximum Gasteiger partial charge on any atom is 0.227 e. The highest BCUT2D eigenvalue weighted by Crippen LogP contribution is 2.23. The van der Waals surface area contributed by atoms with E-state index in [0.717, 1.165) is 32.5 Å². The topological polar surface area (TPSA) is 32.3 Å². The van der Waals surface area contributed by atoms with E-state index in [2.05, 4.69) is 38.3 Å². The summed E-state index contributed by atoms with van der Waals surface area (Å²) in [5.41, 5.74) is 1.53. The largest absolute Gasteiger partial charge is 0.323 e. The van der Waals surface area contributed by atoms with E-state index in [-0.39, 0.29) is 17.5 Å². The van der Waals surface area contributed by atoms with E-state index in [4.69, 9.17) is 0 Å². The van der Waals surface area contributed by atoms with Gasteiger partial charge in [0, 0.05) is 16.9 Å². The van der Waals surface area contributed by atoms with E-state index < -0.39 is 5.82 Å². The molecule has 0 aromatic heterocycles. The Morgan fingerprint density at radius 2 is 1.88 bits per heavy atom. The molecule has 0 saturated carbocycles. The molecule has 3 nitrogen and oxygen atoms in total. The molecule has 1 aliphatic heterocycles. The Morgan fingerprint density at radius 1 is 1.17 bits per heavy atom. The first-order valence-electron chi connectivity index (χ1n) is 8.14. The molecule has 0 radical (unpaired) electrons. The summed E-state index contributed by atoms with van der Waals surface area (Å²) in [5, 5.41) is 2.72. The second-order valence-corrected chi connectivity index (χ2v) is 7.07. The molecule has 1 N–H and O–H groups in total. The van der Waals surface area contributed by atoms with E-state index in [1.165, 1.54) is 11.6 Å². The lowest BCUT2D eigenvalue weighted by molar-refractivity contribution is -0.121. The predicted molar refractivity (Wildman–Crippen MR) is 97.2 cm³/mol. The minimum absolute atomic E-state index is 0.0555. The molecule has 1 amide bonds. The van der Waals surface area contributed by atoms with E-state index in [9.17, 15) is 9.18 Å². The Balaban J connectivity index is 1.51. The highest BCUT2D eigenvalue weighted by Gasteiger charge is 2.25. The van der Waals surface area contributed by atoms with Crippen molar-refractivity contribution < 1.29 is 9.18 Å². The summed E-state index contributed by atoms with van der Waals surface area (Å²) in [6.07, 6.45) is 1.60. The molecule has 0 atom stereocenters. The summed E-state index contributed by atoms with van der Waals surface area (Å²) in [5.74, 6) is -0.560. The first-order chi connectivity index (χ1) is 11.6. The Kier molecular flexibility index (Phi) is 5.63. The second kappa shape index (κ2) is 7.90. The van der Waals surface area contributed by atoms with Crippen LogP contribution in [0.25, 0.3) is 0 Å². The molecular weight excluding hydrogens is 371 g/mol. The monoisotopic (exact) mass is 390 g/mol. The van der Waals surface area contributed by atoms with Crippen LogP contribution in [0.5, 0.6) is 0 Å². The standard InChI is InChI=1S/C19H20BrFN2O/c20-16-6-7-18(17(21)12-16)22-19(24)15-8-10-23(11-9-15)13-14-4-2-1-3-5-14/h1-7,12,15H,8-11,13H2,(H,22,24). The fourth-order valence-corrected chi connectivity index (χ4v) is 3.35. The van der Waals surface area contributed by atoms with Gasteiger partial charge in [-0.2, -0.15) is 0 Å². The molecule has 2 aromatic carbocycles. The molecule has 1 fully saturated rings. The number of likely N-dealkylation sites (tertiary alicyclic amines) is 1. The van der Waals surface area contributed by atoms with Gasteiger partial charge in [0.2, 0.25) is 5.91 Å². The molecule has 0 bridgehead atoms. The number of nitrogens with one attached hydrogen (secondary N) is 1. The molecule has 24 heavy (non-hydrogen) atoms. The smallest absolute Gasteiger partial charge is 0.227 e. The number of anilines is 1. The Morgan fingerprint density at radius 3 is 2.54 bits per heavy atom. The Labute approximate surface area is 150 Å². The second-order valence-electron chi connectivity index (χ2n) is 6.15. The minimum atomic E-state index is -0.417. The van der Waals surface area contributed by atoms with Crippen LogP contribution >= 0.6 is 15.9 Å². The summed E-state index contributed by atoms with van der Waals surface area (Å²) in [4.78, 5) is 14.7. The third-order valence-electron chi connectivity index (χ3n) is 4.40. The normalized spacial score (nSPS) is 16.1. The summed E-state index contributed by atoms with van der Waals surface area (Å²) in [6.45, 7) is 2.68. The van der Waals surface area contributed by atoms with Crippen molar-refractivity contribution in [1.29, 1.82) is 0 Å². The molecule has 0 unspecified atom stereocenters. The molecule has 1 aliphatic rings. The quantitative estimate of drug-likeness (QED) is 0.836. The number of rotatable bonds is 4. The third kappa shape index (κ3) is 4.42. The van der Waals surface area contributed by atoms with Crippen molar-refractivity contribution in [3.05, 3.63) is 64.4 Å². The van der Waals surface area contributed by atoms with Crippen molar-refractivity contribution >= 4 is 27.5 Å². The highest BCUT2D eigenvalue weighted by molar-refractivity contribution is 9.10. The Hall–Kier alpha value is -1.72. The lowest BCUT2D eigenvalue weighted by Crippen LogP contribution is -2.37. The van der Waals surface area contributed by atoms with Gasteiger partial charge < -0.3 is 5.32 Å². The van der Waals surface area contributed by atoms with Gasteiger partial charge in [-0.1, -0.05) is 46.3 Å². The zero-order valence-electron chi connectivity index (χ0n) is 13.3. The van der Waals surface area contributed by atoms with Crippen LogP contribution in [0.4, 0.5) is 10.1 Å². The molecule has 0 aliphatic carbocycles. The number of hydrogen-bond acceptors (Lipinski definition) is 2. The van der Waals surface area contributed by atoms with Crippen molar-refractivity contribution in [2.45, 2.75) is 19.4 Å². The predicted octanol–water partition coefficient (Wildman–Crippen LogP) is 4.44. The maximum atomic E-state index is 13.8. The van der Waals surface area contributed by atoms with E-state index in [0.29, 0.717) is 4.47 Å². The first kappa shape index (κ1) is 17.1. The van der Waals surface area contributed by atoms with Gasteiger partial charge in [-0.05, 0) is 49.7 Å². The summed E-state index contributed by atoms with van der Waals surface area (Å²) in [7, 11) is 0. The number of carbonyl (C=O) groups excluding carboxylic acids is 1. The number of benzene rings is 2. The van der Waals surface area contributed by atoms with E-state index >= 15 is 0 Å². The average Bonchev–Trinajstić information content (AvgIpc) is 2.59. The van der Waals surface area contributed by atoms with Crippen molar-refractivity contribution in [2.75, 3.05) is 18.4 Å². The van der Waals surface area contributed by atoms with Crippen LogP contribution in [0.3, 0.4) is 0 Å². The lowest BCUT2D eigenvalue weighted by Gasteiger charge is -2.31. The molecule has 1 saturated heterocycles. The van der Waals surface area contributed by atoms with Crippen molar-refractivity contribution in [3.63, 3.8) is 0 Å². The Bertz CT molecular complexity index is 700. The molecule has 126 valence electrons. The summed E-state index contributed by atoms with van der Waals surface area (Å²) < 4.78 is 14.5. The van der Waals surface area contributed by atoms with Gasteiger partial charge in [0.05, 0.1) is 5.69 Å². The first-order valence-corrected chi connectivity index (χ1v) is 8.93. The van der Waals surface area contributed by atoms with E-state index in [1.54, 1.807) is 12.1 Å². The van der Waals surface area contributed by atoms with Crippen molar-refractivity contribution in [1.82, 2.24) is 4.90 Å². The van der Waals surface area contributed by atoms with Crippen LogP contribution < -0.4 is 5.32 Å². The molecule has 3 rings (SSSR count). The van der Waals surface area contributed by atoms with Crippen LogP contribution in [-0.2, 0) is 11.3 Å². The van der Waals surface area contributed by atoms with Crippen LogP contribution in [-0.4, -0.2) is 23.9 Å². The fourth-order valence-electron chi connectivity index (χ4n) is 3.02. The van der Waals surface area contributed by atoms with Crippen molar-refractivity contribution in [3.8, 4) is 0 Å². The number of hydrogen-bond donors (Lipinski definition) is 1. The zero-order valence-corrected chi connectivity index (χ0v) is 14.9. The molecule has 1 heterocycles. The van der Waals surface area contributed by atoms with Crippen LogP contribution in [0.2, 0.25) is 0 Å². The number of halogens is 2. The van der Waals surface area contributed by atoms with Gasteiger partial charge in [-0.3, -0.25) is 9.69 Å². The number of amides is 1. The molecule has 0 spiro atoms. The zero-order chi connectivity index (χ0) is 16.9. The van der Waals surface area contributed by atoms with Crippen LogP contribution in [0.1, 0.15) is 18.4 Å². The van der Waals surface area contributed by atoms with E-state index in [1.807, 2.05) is 18.2 Å². The summed E-state index contributed by atoms with van der Waals surface area (Å²) in [6, 6.07) is 15.0. The number of carbonyl (C=O) groups is 1. The van der Waals surface area contributed by atoms with Gasteiger partial charge in [0.1, 0.15) is 5.82 Å². The summed E-state index contributed by atoms with van der Waals surface area (Å²) >= 11 is 3.21. The van der Waals surface area contributed by atoms with Crippen LogP contribution in [0.15, 0.2) is 53.0 Å². The van der Waals surface area contributed by atoms with Crippen molar-refractivity contribution in [2.24, 2.45) is 5.92 Å². The van der Waals surface area contributed by atoms with Gasteiger partial charge in [-0.15, -0.1) is 0 Å². The molecule has 2 aromatic rings. The molecular formula is C19H20BrFN2O. The fraction of sp³-hybridized carbons (Fsp3) is 0.316. The average molecular weight is 391 g/mol. The third-order valence-corrected chi connectivity index (χ3v) is 4.89. The number of nitrogens with zero attached hydrogens (tertiary/aromatic N) is 1. The SMILES string of the molecule is O=C(Nc1ccc(Br)cc1F)C1CCN(Cc2ccccc2)CC1. The van der Waals surface area contributed by atoms with Gasteiger partial charge in [-0.25, -0.2) is 4.39 Å². The van der Waals surface area contributed by atoms with Gasteiger partial charge >= 0.3 is 0 Å². The highest BCUT2D eigenvalue weighted by atomic mass is 79.9. The van der Waals surface area contributed by atoms with Crippen LogP contribution in [0, 0.1) is 11.7 Å². The number of piperidine rings is 1. The molecule has 5 heteroatoms. The van der Waals surface area contributed by atoms with Gasteiger partial charge in [0.15, 0.2) is 0 Å².